The smallest absolute Gasteiger partial charge is 0.284 e. The van der Waals surface area contributed by atoms with Crippen molar-refractivity contribution in [3.05, 3.63) is 68.2 Å². The lowest BCUT2D eigenvalue weighted by atomic mass is 10.1. The number of anilines is 1. The van der Waals surface area contributed by atoms with Crippen LogP contribution in [0.15, 0.2) is 46.9 Å². The first-order chi connectivity index (χ1) is 10.0. The van der Waals surface area contributed by atoms with E-state index in [-0.39, 0.29) is 15.7 Å². The van der Waals surface area contributed by atoms with Crippen molar-refractivity contribution in [3.63, 3.8) is 0 Å². The minimum Gasteiger partial charge on any atom is -0.322 e. The van der Waals surface area contributed by atoms with Crippen molar-refractivity contribution >= 4 is 33.2 Å². The Kier molecular flexibility index (Phi) is 4.30. The summed E-state index contributed by atoms with van der Waals surface area (Å²) in [5, 5.41) is 22.3. The third-order valence-corrected chi connectivity index (χ3v) is 3.50. The van der Waals surface area contributed by atoms with Gasteiger partial charge in [0.05, 0.1) is 22.1 Å². The van der Waals surface area contributed by atoms with E-state index in [4.69, 9.17) is 5.26 Å². The summed E-state index contributed by atoms with van der Waals surface area (Å²) < 4.78 is 0.115. The number of carbonyl (C=O) groups is 1. The number of nitro benzene ring substituents is 1. The lowest BCUT2D eigenvalue weighted by molar-refractivity contribution is -0.385. The van der Waals surface area contributed by atoms with E-state index in [0.717, 1.165) is 0 Å². The van der Waals surface area contributed by atoms with Gasteiger partial charge in [-0.25, -0.2) is 0 Å². The molecule has 0 fully saturated rings. The molecule has 0 saturated heterocycles. The summed E-state index contributed by atoms with van der Waals surface area (Å²) in [6.07, 6.45) is 0. The first kappa shape index (κ1) is 14.7. The van der Waals surface area contributed by atoms with E-state index < -0.39 is 10.8 Å². The Morgan fingerprint density at radius 1 is 1.29 bits per heavy atom. The van der Waals surface area contributed by atoms with E-state index >= 15 is 0 Å². The van der Waals surface area contributed by atoms with Crippen molar-refractivity contribution in [2.75, 3.05) is 5.32 Å². The molecule has 0 aliphatic carbocycles. The van der Waals surface area contributed by atoms with Gasteiger partial charge < -0.3 is 5.32 Å². The number of nitriles is 1. The van der Waals surface area contributed by atoms with E-state index in [1.165, 1.54) is 24.3 Å². The maximum Gasteiger partial charge on any atom is 0.284 e. The number of halogens is 1. The number of hydrogen-bond donors (Lipinski definition) is 1. The van der Waals surface area contributed by atoms with E-state index in [1.807, 2.05) is 6.07 Å². The van der Waals surface area contributed by atoms with Crippen LogP contribution in [0, 0.1) is 21.4 Å². The van der Waals surface area contributed by atoms with Crippen LogP contribution in [0.25, 0.3) is 0 Å². The Bertz CT molecular complexity index is 768. The predicted molar refractivity (Wildman–Crippen MR) is 79.9 cm³/mol. The fourth-order valence-corrected chi connectivity index (χ4v) is 2.29. The Hall–Kier alpha value is -2.72. The fraction of sp³-hybridized carbons (Fsp3) is 0. The van der Waals surface area contributed by atoms with Crippen molar-refractivity contribution in [1.29, 1.82) is 5.26 Å². The molecule has 7 heteroatoms. The molecular weight excluding hydrogens is 338 g/mol. The lowest BCUT2D eigenvalue weighted by Gasteiger charge is -2.07. The number of nitro groups is 1. The zero-order chi connectivity index (χ0) is 15.4. The number of hydrogen-bond acceptors (Lipinski definition) is 4. The SMILES string of the molecule is N#Cc1cccc(NC(=O)c2cccc([N+](=O)[O-])c2Br)c1. The summed E-state index contributed by atoms with van der Waals surface area (Å²) in [5.74, 6) is -0.499. The minimum absolute atomic E-state index is 0.115. The summed E-state index contributed by atoms with van der Waals surface area (Å²) in [7, 11) is 0. The van der Waals surface area contributed by atoms with Crippen LogP contribution < -0.4 is 5.32 Å². The van der Waals surface area contributed by atoms with Gasteiger partial charge in [-0.1, -0.05) is 12.1 Å². The molecule has 104 valence electrons. The molecule has 2 rings (SSSR count). The van der Waals surface area contributed by atoms with Crippen molar-refractivity contribution in [1.82, 2.24) is 0 Å². The van der Waals surface area contributed by atoms with Gasteiger partial charge in [0, 0.05) is 11.8 Å². The van der Waals surface area contributed by atoms with Gasteiger partial charge in [0.25, 0.3) is 11.6 Å². The number of nitrogens with zero attached hydrogens (tertiary/aromatic N) is 2. The molecule has 0 unspecified atom stereocenters. The second-order valence-electron chi connectivity index (χ2n) is 4.04. The summed E-state index contributed by atoms with van der Waals surface area (Å²) in [6, 6.07) is 12.6. The van der Waals surface area contributed by atoms with Gasteiger partial charge >= 0.3 is 0 Å². The van der Waals surface area contributed by atoms with Crippen LogP contribution >= 0.6 is 15.9 Å². The Labute approximate surface area is 128 Å². The van der Waals surface area contributed by atoms with Gasteiger partial charge in [-0.2, -0.15) is 5.26 Å². The molecule has 0 heterocycles. The van der Waals surface area contributed by atoms with Gasteiger partial charge in [0.1, 0.15) is 4.47 Å². The Balaban J connectivity index is 2.31. The van der Waals surface area contributed by atoms with E-state index in [0.29, 0.717) is 11.3 Å². The quantitative estimate of drug-likeness (QED) is 0.680. The molecule has 0 aliphatic rings. The highest BCUT2D eigenvalue weighted by atomic mass is 79.9. The lowest BCUT2D eigenvalue weighted by Crippen LogP contribution is -2.13. The van der Waals surface area contributed by atoms with Crippen LogP contribution in [0.1, 0.15) is 15.9 Å². The second-order valence-corrected chi connectivity index (χ2v) is 4.84. The van der Waals surface area contributed by atoms with Gasteiger partial charge in [-0.05, 0) is 40.2 Å². The zero-order valence-electron chi connectivity index (χ0n) is 10.5. The predicted octanol–water partition coefficient (Wildman–Crippen LogP) is 3.48. The van der Waals surface area contributed by atoms with Crippen molar-refractivity contribution in [2.45, 2.75) is 0 Å². The normalized spacial score (nSPS) is 9.71. The van der Waals surface area contributed by atoms with Crippen molar-refractivity contribution < 1.29 is 9.72 Å². The van der Waals surface area contributed by atoms with Crippen LogP contribution in [0.4, 0.5) is 11.4 Å². The molecule has 0 spiro atoms. The van der Waals surface area contributed by atoms with E-state index in [9.17, 15) is 14.9 Å². The van der Waals surface area contributed by atoms with Crippen LogP contribution in [0.3, 0.4) is 0 Å². The molecule has 6 nitrogen and oxygen atoms in total. The average Bonchev–Trinajstić information content (AvgIpc) is 2.47. The van der Waals surface area contributed by atoms with Gasteiger partial charge in [-0.15, -0.1) is 0 Å². The molecule has 0 saturated carbocycles. The monoisotopic (exact) mass is 345 g/mol. The number of amides is 1. The van der Waals surface area contributed by atoms with Gasteiger partial charge in [-0.3, -0.25) is 14.9 Å². The summed E-state index contributed by atoms with van der Waals surface area (Å²) >= 11 is 3.07. The summed E-state index contributed by atoms with van der Waals surface area (Å²) in [6.45, 7) is 0. The number of benzene rings is 2. The molecule has 21 heavy (non-hydrogen) atoms. The number of nitrogens with one attached hydrogen (secondary N) is 1. The van der Waals surface area contributed by atoms with Crippen LogP contribution in [0.2, 0.25) is 0 Å². The molecule has 0 atom stereocenters. The molecular formula is C14H8BrN3O3. The van der Waals surface area contributed by atoms with Crippen molar-refractivity contribution in [3.8, 4) is 6.07 Å². The molecule has 0 aromatic heterocycles. The van der Waals surface area contributed by atoms with E-state index in [1.54, 1.807) is 18.2 Å². The maximum atomic E-state index is 12.2. The van der Waals surface area contributed by atoms with Gasteiger partial charge in [0.2, 0.25) is 0 Å². The first-order valence-electron chi connectivity index (χ1n) is 5.77. The fourth-order valence-electron chi connectivity index (χ4n) is 1.70. The van der Waals surface area contributed by atoms with Gasteiger partial charge in [0.15, 0.2) is 0 Å². The second kappa shape index (κ2) is 6.15. The molecule has 2 aromatic rings. The minimum atomic E-state index is -0.572. The number of carbonyl (C=O) groups excluding carboxylic acids is 1. The maximum absolute atomic E-state index is 12.2. The topological polar surface area (TPSA) is 96.0 Å². The highest BCUT2D eigenvalue weighted by Crippen LogP contribution is 2.28. The summed E-state index contributed by atoms with van der Waals surface area (Å²) in [5.41, 5.74) is 0.809. The average molecular weight is 346 g/mol. The van der Waals surface area contributed by atoms with Crippen molar-refractivity contribution in [2.24, 2.45) is 0 Å². The molecule has 1 amide bonds. The third kappa shape index (κ3) is 3.24. The van der Waals surface area contributed by atoms with Crippen LogP contribution in [-0.4, -0.2) is 10.8 Å². The standard InChI is InChI=1S/C14H8BrN3O3/c15-13-11(5-2-6-12(13)18(20)21)14(19)17-10-4-1-3-9(7-10)8-16/h1-7H,(H,17,19). The van der Waals surface area contributed by atoms with Crippen LogP contribution in [-0.2, 0) is 0 Å². The summed E-state index contributed by atoms with van der Waals surface area (Å²) in [4.78, 5) is 22.4. The third-order valence-electron chi connectivity index (χ3n) is 2.67. The highest BCUT2D eigenvalue weighted by molar-refractivity contribution is 9.10. The largest absolute Gasteiger partial charge is 0.322 e. The molecule has 1 N–H and O–H groups in total. The Morgan fingerprint density at radius 3 is 2.67 bits per heavy atom. The Morgan fingerprint density at radius 2 is 2.00 bits per heavy atom. The molecule has 0 bridgehead atoms. The number of rotatable bonds is 3. The van der Waals surface area contributed by atoms with Crippen LogP contribution in [0.5, 0.6) is 0 Å². The van der Waals surface area contributed by atoms with E-state index in [2.05, 4.69) is 21.2 Å². The zero-order valence-corrected chi connectivity index (χ0v) is 12.1. The first-order valence-corrected chi connectivity index (χ1v) is 6.56. The molecule has 0 aliphatic heterocycles. The molecule has 0 radical (unpaired) electrons. The molecule has 2 aromatic carbocycles. The highest BCUT2D eigenvalue weighted by Gasteiger charge is 2.19.